The van der Waals surface area contributed by atoms with Gasteiger partial charge in [-0.3, -0.25) is 4.79 Å². The number of para-hydroxylation sites is 2. The van der Waals surface area contributed by atoms with E-state index in [1.165, 1.54) is 0 Å². The minimum Gasteiger partial charge on any atom is -0.489 e. The van der Waals surface area contributed by atoms with Crippen LogP contribution in [0.3, 0.4) is 0 Å². The molecule has 1 amide bonds. The predicted octanol–water partition coefficient (Wildman–Crippen LogP) is 5.22. The molecule has 0 fully saturated rings. The summed E-state index contributed by atoms with van der Waals surface area (Å²) < 4.78 is 5.75. The monoisotopic (exact) mass is 396 g/mol. The predicted molar refractivity (Wildman–Crippen MR) is 112 cm³/mol. The van der Waals surface area contributed by atoms with Gasteiger partial charge in [0.25, 0.3) is 5.91 Å². The average molecular weight is 397 g/mol. The number of carbonyl (C=O) groups excluding carboxylic acids is 1. The Morgan fingerprint density at radius 3 is 2.61 bits per heavy atom. The fourth-order valence-corrected chi connectivity index (χ4v) is 2.74. The molecule has 144 valence electrons. The molecule has 0 saturated carbocycles. The first kappa shape index (κ1) is 19.6. The van der Waals surface area contributed by atoms with E-state index in [9.17, 15) is 4.79 Å². The molecule has 0 radical (unpaired) electrons. The second-order valence-electron chi connectivity index (χ2n) is 6.47. The van der Waals surface area contributed by atoms with Crippen LogP contribution in [0.5, 0.6) is 5.75 Å². The largest absolute Gasteiger partial charge is 0.489 e. The Hall–Kier alpha value is -3.12. The molecule has 0 bridgehead atoms. The van der Waals surface area contributed by atoms with Crippen LogP contribution in [-0.4, -0.2) is 22.0 Å². The van der Waals surface area contributed by atoms with Crippen LogP contribution in [0.15, 0.2) is 54.6 Å². The number of nitrogens with zero attached hydrogens (tertiary/aromatic N) is 2. The highest BCUT2D eigenvalue weighted by atomic mass is 35.5. The van der Waals surface area contributed by atoms with Gasteiger partial charge in [0.2, 0.25) is 5.95 Å². The van der Waals surface area contributed by atoms with E-state index in [4.69, 9.17) is 16.3 Å². The Morgan fingerprint density at radius 2 is 1.86 bits per heavy atom. The minimum absolute atomic E-state index is 0.00662. The molecule has 3 rings (SSSR count). The molecule has 2 aromatic carbocycles. The summed E-state index contributed by atoms with van der Waals surface area (Å²) in [6.45, 7) is 5.66. The Morgan fingerprint density at radius 1 is 1.07 bits per heavy atom. The van der Waals surface area contributed by atoms with Crippen molar-refractivity contribution in [3.05, 3.63) is 71.0 Å². The maximum Gasteiger partial charge on any atom is 0.274 e. The maximum absolute atomic E-state index is 12.8. The van der Waals surface area contributed by atoms with Crippen LogP contribution in [-0.2, 0) is 0 Å². The molecule has 0 unspecified atom stereocenters. The number of rotatable bonds is 6. The molecule has 3 aromatic rings. The van der Waals surface area contributed by atoms with Gasteiger partial charge in [-0.15, -0.1) is 0 Å². The number of benzene rings is 2. The van der Waals surface area contributed by atoms with Crippen molar-refractivity contribution in [2.75, 3.05) is 10.6 Å². The van der Waals surface area contributed by atoms with Gasteiger partial charge in [-0.05, 0) is 57.2 Å². The molecule has 0 spiro atoms. The van der Waals surface area contributed by atoms with Crippen molar-refractivity contribution in [1.29, 1.82) is 0 Å². The highest BCUT2D eigenvalue weighted by molar-refractivity contribution is 6.30. The smallest absolute Gasteiger partial charge is 0.274 e. The maximum atomic E-state index is 12.8. The number of amides is 1. The summed E-state index contributed by atoms with van der Waals surface area (Å²) in [5, 5.41) is 6.52. The summed E-state index contributed by atoms with van der Waals surface area (Å²) in [6, 6.07) is 16.1. The topological polar surface area (TPSA) is 76.1 Å². The number of halogens is 1. The van der Waals surface area contributed by atoms with Crippen LogP contribution in [0.4, 0.5) is 17.3 Å². The van der Waals surface area contributed by atoms with Gasteiger partial charge < -0.3 is 15.4 Å². The van der Waals surface area contributed by atoms with Gasteiger partial charge in [0.1, 0.15) is 11.4 Å². The normalized spacial score (nSPS) is 10.6. The summed E-state index contributed by atoms with van der Waals surface area (Å²) in [5.41, 5.74) is 2.23. The van der Waals surface area contributed by atoms with Crippen LogP contribution in [0.1, 0.15) is 30.0 Å². The number of nitrogens with one attached hydrogen (secondary N) is 2. The fraction of sp³-hybridized carbons (Fsp3) is 0.190. The van der Waals surface area contributed by atoms with Crippen molar-refractivity contribution >= 4 is 34.8 Å². The lowest BCUT2D eigenvalue weighted by Gasteiger charge is -2.15. The Labute approximate surface area is 168 Å². The fourth-order valence-electron chi connectivity index (χ4n) is 2.55. The molecule has 1 aromatic heterocycles. The number of anilines is 3. The third-order valence-electron chi connectivity index (χ3n) is 3.67. The van der Waals surface area contributed by atoms with E-state index in [2.05, 4.69) is 20.6 Å². The van der Waals surface area contributed by atoms with Crippen molar-refractivity contribution in [3.63, 3.8) is 0 Å². The third-order valence-corrected chi connectivity index (χ3v) is 3.90. The summed E-state index contributed by atoms with van der Waals surface area (Å²) in [7, 11) is 0. The first-order chi connectivity index (χ1) is 13.4. The highest BCUT2D eigenvalue weighted by Crippen LogP contribution is 2.25. The molecule has 0 aliphatic carbocycles. The molecule has 2 N–H and O–H groups in total. The molecule has 0 saturated heterocycles. The van der Waals surface area contributed by atoms with E-state index in [1.807, 2.05) is 44.2 Å². The van der Waals surface area contributed by atoms with Crippen LogP contribution >= 0.6 is 11.6 Å². The van der Waals surface area contributed by atoms with Crippen molar-refractivity contribution in [2.45, 2.75) is 26.9 Å². The molecule has 0 aliphatic heterocycles. The summed E-state index contributed by atoms with van der Waals surface area (Å²) >= 11 is 6.01. The van der Waals surface area contributed by atoms with Gasteiger partial charge in [0, 0.05) is 16.4 Å². The van der Waals surface area contributed by atoms with Gasteiger partial charge in [-0.2, -0.15) is 0 Å². The van der Waals surface area contributed by atoms with E-state index >= 15 is 0 Å². The number of hydrogen-bond donors (Lipinski definition) is 2. The summed E-state index contributed by atoms with van der Waals surface area (Å²) in [6.07, 6.45) is -0.00662. The Balaban J connectivity index is 1.82. The van der Waals surface area contributed by atoms with Gasteiger partial charge >= 0.3 is 0 Å². The molecule has 28 heavy (non-hydrogen) atoms. The first-order valence-corrected chi connectivity index (χ1v) is 9.24. The van der Waals surface area contributed by atoms with Gasteiger partial charge in [-0.25, -0.2) is 9.97 Å². The van der Waals surface area contributed by atoms with Crippen molar-refractivity contribution in [1.82, 2.24) is 9.97 Å². The number of hydrogen-bond acceptors (Lipinski definition) is 5. The zero-order valence-electron chi connectivity index (χ0n) is 15.9. The molecule has 1 heterocycles. The van der Waals surface area contributed by atoms with Crippen LogP contribution in [0.25, 0.3) is 0 Å². The molecule has 7 heteroatoms. The van der Waals surface area contributed by atoms with Crippen molar-refractivity contribution < 1.29 is 9.53 Å². The minimum atomic E-state index is -0.348. The van der Waals surface area contributed by atoms with Crippen LogP contribution < -0.4 is 15.4 Å². The molecular formula is C21H21ClN4O2. The zero-order valence-corrected chi connectivity index (χ0v) is 16.6. The third kappa shape index (κ3) is 5.20. The number of aryl methyl sites for hydroxylation is 1. The molecule has 0 aliphatic rings. The van der Waals surface area contributed by atoms with Gasteiger partial charge in [-0.1, -0.05) is 29.8 Å². The first-order valence-electron chi connectivity index (χ1n) is 8.86. The lowest BCUT2D eigenvalue weighted by molar-refractivity contribution is 0.102. The quantitative estimate of drug-likeness (QED) is 0.597. The molecule has 6 nitrogen and oxygen atoms in total. The number of carbonyl (C=O) groups is 1. The molecule has 0 atom stereocenters. The molecular weight excluding hydrogens is 376 g/mol. The zero-order chi connectivity index (χ0) is 20.1. The van der Waals surface area contributed by atoms with E-state index in [0.717, 1.165) is 5.69 Å². The summed E-state index contributed by atoms with van der Waals surface area (Å²) in [5.74, 6) is 0.576. The Bertz CT molecular complexity index is 992. The van der Waals surface area contributed by atoms with E-state index < -0.39 is 0 Å². The van der Waals surface area contributed by atoms with Gasteiger partial charge in [0.05, 0.1) is 11.8 Å². The summed E-state index contributed by atoms with van der Waals surface area (Å²) in [4.78, 5) is 21.4. The van der Waals surface area contributed by atoms with Crippen molar-refractivity contribution in [3.8, 4) is 5.75 Å². The van der Waals surface area contributed by atoms with Gasteiger partial charge in [0.15, 0.2) is 0 Å². The van der Waals surface area contributed by atoms with Crippen LogP contribution in [0.2, 0.25) is 5.02 Å². The second kappa shape index (κ2) is 8.71. The lowest BCUT2D eigenvalue weighted by Crippen LogP contribution is -2.17. The van der Waals surface area contributed by atoms with Crippen LogP contribution in [0, 0.1) is 6.92 Å². The number of ether oxygens (including phenoxy) is 1. The van der Waals surface area contributed by atoms with Crippen molar-refractivity contribution in [2.24, 2.45) is 0 Å². The number of aromatic nitrogens is 2. The lowest BCUT2D eigenvalue weighted by atomic mass is 10.2. The average Bonchev–Trinajstić information content (AvgIpc) is 2.62. The van der Waals surface area contributed by atoms with E-state index in [0.29, 0.717) is 28.1 Å². The second-order valence-corrected chi connectivity index (χ2v) is 6.91. The van der Waals surface area contributed by atoms with E-state index in [-0.39, 0.29) is 17.7 Å². The SMILES string of the molecule is Cc1cc(C(=O)Nc2ccccc2OC(C)C)nc(Nc2cccc(Cl)c2)n1. The standard InChI is InChI=1S/C21H21ClN4O2/c1-13(2)28-19-10-5-4-9-17(19)25-20(27)18-11-14(3)23-21(26-18)24-16-8-6-7-15(22)12-16/h4-13H,1-3H3,(H,25,27)(H,23,24,26). The highest BCUT2D eigenvalue weighted by Gasteiger charge is 2.14. The Kier molecular flexibility index (Phi) is 6.11. The van der Waals surface area contributed by atoms with E-state index in [1.54, 1.807) is 31.2 Å².